The number of nitrogens with zero attached hydrogens (tertiary/aromatic N) is 1. The zero-order chi connectivity index (χ0) is 10.5. The molecule has 0 spiro atoms. The molecule has 1 unspecified atom stereocenters. The number of nitrogens with two attached hydrogens (primary N) is 1. The molecule has 0 saturated heterocycles. The van der Waals surface area contributed by atoms with E-state index in [1.165, 1.54) is 25.8 Å². The smallest absolute Gasteiger partial charge is 0.0339 e. The second-order valence-corrected chi connectivity index (χ2v) is 5.85. The average molecular weight is 222 g/mol. The third-order valence-electron chi connectivity index (χ3n) is 4.09. The lowest BCUT2D eigenvalue weighted by Crippen LogP contribution is -2.47. The van der Waals surface area contributed by atoms with Crippen LogP contribution in [0.25, 0.3) is 0 Å². The minimum Gasteiger partial charge on any atom is -0.329 e. The fraction of sp³-hybridized carbons (Fsp3) is 0.667. The summed E-state index contributed by atoms with van der Waals surface area (Å²) >= 11 is 1.91. The first-order valence-corrected chi connectivity index (χ1v) is 6.68. The quantitative estimate of drug-likeness (QED) is 0.831. The minimum absolute atomic E-state index is 0.360. The van der Waals surface area contributed by atoms with Gasteiger partial charge in [0.05, 0.1) is 0 Å². The van der Waals surface area contributed by atoms with E-state index in [4.69, 9.17) is 5.73 Å². The monoisotopic (exact) mass is 222 g/mol. The molecule has 15 heavy (non-hydrogen) atoms. The van der Waals surface area contributed by atoms with E-state index in [0.717, 1.165) is 6.54 Å². The molecular formula is C12H18N2S. The lowest BCUT2D eigenvalue weighted by atomic mass is 9.98. The molecule has 0 radical (unpaired) electrons. The molecule has 1 atom stereocenters. The molecule has 0 aromatic carbocycles. The molecule has 1 saturated carbocycles. The average Bonchev–Trinajstić information content (AvgIpc) is 2.89. The molecule has 3 heteroatoms. The predicted molar refractivity (Wildman–Crippen MR) is 64.2 cm³/mol. The van der Waals surface area contributed by atoms with Crippen molar-refractivity contribution in [1.82, 2.24) is 4.90 Å². The Labute approximate surface area is 95.1 Å². The summed E-state index contributed by atoms with van der Waals surface area (Å²) in [6, 6.07) is 2.87. The van der Waals surface area contributed by atoms with Crippen LogP contribution in [-0.2, 0) is 6.42 Å². The van der Waals surface area contributed by atoms with Crippen LogP contribution >= 0.6 is 11.3 Å². The second-order valence-electron chi connectivity index (χ2n) is 4.85. The minimum atomic E-state index is 0.360. The first-order valence-electron chi connectivity index (χ1n) is 5.80. The number of hydrogen-bond acceptors (Lipinski definition) is 3. The van der Waals surface area contributed by atoms with Gasteiger partial charge in [-0.05, 0) is 43.2 Å². The molecule has 1 aliphatic heterocycles. The van der Waals surface area contributed by atoms with Crippen LogP contribution in [0.2, 0.25) is 0 Å². The normalized spacial score (nSPS) is 28.8. The molecular weight excluding hydrogens is 204 g/mol. The third kappa shape index (κ3) is 1.37. The van der Waals surface area contributed by atoms with Crippen LogP contribution < -0.4 is 5.73 Å². The van der Waals surface area contributed by atoms with Crippen LogP contribution in [0, 0.1) is 0 Å². The summed E-state index contributed by atoms with van der Waals surface area (Å²) in [5.41, 5.74) is 7.83. The maximum atomic E-state index is 5.92. The molecule has 0 bridgehead atoms. The summed E-state index contributed by atoms with van der Waals surface area (Å²) < 4.78 is 0. The largest absolute Gasteiger partial charge is 0.329 e. The molecule has 1 aliphatic carbocycles. The van der Waals surface area contributed by atoms with Crippen molar-refractivity contribution < 1.29 is 0 Å². The van der Waals surface area contributed by atoms with Crippen molar-refractivity contribution in [3.8, 4) is 0 Å². The standard InChI is InChI=1S/C12H18N2S/c1-9-10-3-7-15-11(10)2-6-14(9)12(8-13)4-5-12/h3,7,9H,2,4-6,8,13H2,1H3. The van der Waals surface area contributed by atoms with Crippen LogP contribution in [0.15, 0.2) is 11.4 Å². The first-order chi connectivity index (χ1) is 7.27. The maximum absolute atomic E-state index is 5.92. The molecule has 1 aromatic heterocycles. The Hall–Kier alpha value is -0.380. The molecule has 1 fully saturated rings. The lowest BCUT2D eigenvalue weighted by Gasteiger charge is -2.39. The van der Waals surface area contributed by atoms with E-state index in [-0.39, 0.29) is 0 Å². The molecule has 2 nitrogen and oxygen atoms in total. The van der Waals surface area contributed by atoms with E-state index in [1.54, 1.807) is 10.4 Å². The summed E-state index contributed by atoms with van der Waals surface area (Å²) in [5, 5.41) is 2.23. The van der Waals surface area contributed by atoms with Gasteiger partial charge in [-0.1, -0.05) is 0 Å². The summed E-state index contributed by atoms with van der Waals surface area (Å²) in [6.07, 6.45) is 3.82. The maximum Gasteiger partial charge on any atom is 0.0339 e. The number of hydrogen-bond donors (Lipinski definition) is 1. The molecule has 2 N–H and O–H groups in total. The van der Waals surface area contributed by atoms with E-state index in [9.17, 15) is 0 Å². The van der Waals surface area contributed by atoms with Crippen LogP contribution in [0.4, 0.5) is 0 Å². The van der Waals surface area contributed by atoms with Crippen molar-refractivity contribution in [3.05, 3.63) is 21.9 Å². The SMILES string of the molecule is CC1c2ccsc2CCN1C1(CN)CC1. The highest BCUT2D eigenvalue weighted by atomic mass is 32.1. The lowest BCUT2D eigenvalue weighted by molar-refractivity contribution is 0.121. The summed E-state index contributed by atoms with van der Waals surface area (Å²) in [7, 11) is 0. The van der Waals surface area contributed by atoms with Gasteiger partial charge in [0, 0.05) is 29.5 Å². The Bertz CT molecular complexity index is 367. The van der Waals surface area contributed by atoms with E-state index in [2.05, 4.69) is 23.3 Å². The molecule has 0 amide bonds. The Balaban J connectivity index is 1.90. The molecule has 3 rings (SSSR count). The highest BCUT2D eigenvalue weighted by Crippen LogP contribution is 2.47. The number of thiophene rings is 1. The van der Waals surface area contributed by atoms with E-state index < -0.39 is 0 Å². The van der Waals surface area contributed by atoms with Crippen molar-refractivity contribution >= 4 is 11.3 Å². The van der Waals surface area contributed by atoms with E-state index >= 15 is 0 Å². The van der Waals surface area contributed by atoms with Crippen molar-refractivity contribution in [2.45, 2.75) is 37.8 Å². The van der Waals surface area contributed by atoms with Gasteiger partial charge >= 0.3 is 0 Å². The predicted octanol–water partition coefficient (Wildman–Crippen LogP) is 2.16. The van der Waals surface area contributed by atoms with Gasteiger partial charge < -0.3 is 5.73 Å². The summed E-state index contributed by atoms with van der Waals surface area (Å²) in [4.78, 5) is 4.23. The number of fused-ring (bicyclic) bond motifs is 1. The van der Waals surface area contributed by atoms with Crippen LogP contribution in [-0.4, -0.2) is 23.5 Å². The summed E-state index contributed by atoms with van der Waals surface area (Å²) in [5.74, 6) is 0. The fourth-order valence-corrected chi connectivity index (χ4v) is 3.87. The van der Waals surface area contributed by atoms with Gasteiger partial charge in [0.15, 0.2) is 0 Å². The Kier molecular flexibility index (Phi) is 2.16. The van der Waals surface area contributed by atoms with Gasteiger partial charge in [-0.25, -0.2) is 0 Å². The van der Waals surface area contributed by atoms with Gasteiger partial charge in [-0.2, -0.15) is 0 Å². The van der Waals surface area contributed by atoms with Crippen molar-refractivity contribution in [2.24, 2.45) is 5.73 Å². The van der Waals surface area contributed by atoms with Gasteiger partial charge in [-0.15, -0.1) is 11.3 Å². The molecule has 2 aliphatic rings. The Morgan fingerprint density at radius 3 is 3.07 bits per heavy atom. The molecule has 2 heterocycles. The number of rotatable bonds is 2. The van der Waals surface area contributed by atoms with Gasteiger partial charge in [-0.3, -0.25) is 4.90 Å². The molecule has 1 aromatic rings. The highest BCUT2D eigenvalue weighted by Gasteiger charge is 2.49. The van der Waals surface area contributed by atoms with Crippen molar-refractivity contribution in [1.29, 1.82) is 0 Å². The third-order valence-corrected chi connectivity index (χ3v) is 5.09. The van der Waals surface area contributed by atoms with Gasteiger partial charge in [0.2, 0.25) is 0 Å². The molecule has 82 valence electrons. The Morgan fingerprint density at radius 1 is 1.60 bits per heavy atom. The zero-order valence-corrected chi connectivity index (χ0v) is 10.0. The Morgan fingerprint density at radius 2 is 2.40 bits per heavy atom. The van der Waals surface area contributed by atoms with Crippen LogP contribution in [0.3, 0.4) is 0 Å². The topological polar surface area (TPSA) is 29.3 Å². The van der Waals surface area contributed by atoms with E-state index in [1.807, 2.05) is 11.3 Å². The van der Waals surface area contributed by atoms with Gasteiger partial charge in [0.1, 0.15) is 0 Å². The highest BCUT2D eigenvalue weighted by molar-refractivity contribution is 7.10. The summed E-state index contributed by atoms with van der Waals surface area (Å²) in [6.45, 7) is 4.36. The first kappa shape index (κ1) is 9.82. The van der Waals surface area contributed by atoms with Crippen LogP contribution in [0.1, 0.15) is 36.2 Å². The van der Waals surface area contributed by atoms with E-state index in [0.29, 0.717) is 11.6 Å². The van der Waals surface area contributed by atoms with Crippen LogP contribution in [0.5, 0.6) is 0 Å². The van der Waals surface area contributed by atoms with Gasteiger partial charge in [0.25, 0.3) is 0 Å². The van der Waals surface area contributed by atoms with Crippen molar-refractivity contribution in [3.63, 3.8) is 0 Å². The zero-order valence-electron chi connectivity index (χ0n) is 9.20. The second kappa shape index (κ2) is 3.30. The fourth-order valence-electron chi connectivity index (χ4n) is 2.91. The van der Waals surface area contributed by atoms with Crippen molar-refractivity contribution in [2.75, 3.05) is 13.1 Å².